The number of aromatic nitrogens is 2. The van der Waals surface area contributed by atoms with Crippen molar-refractivity contribution in [2.45, 2.75) is 0 Å². The van der Waals surface area contributed by atoms with Gasteiger partial charge in [0.2, 0.25) is 0 Å². The number of aromatic carboxylic acids is 2. The predicted octanol–water partition coefficient (Wildman–Crippen LogP) is 0.777. The third-order valence-electron chi connectivity index (χ3n) is 2.13. The molecule has 0 fully saturated rings. The Labute approximate surface area is 113 Å². The molecular weight excluding hydrogens is 264 g/mol. The molecule has 0 radical (unpaired) electrons. The van der Waals surface area contributed by atoms with Gasteiger partial charge in [-0.05, 0) is 24.3 Å². The molecule has 0 unspecified atom stereocenters. The van der Waals surface area contributed by atoms with Crippen molar-refractivity contribution in [1.29, 1.82) is 5.41 Å². The Morgan fingerprint density at radius 3 is 2.00 bits per heavy atom. The number of hydrogen-bond acceptors (Lipinski definition) is 4. The number of nitrogens with two attached hydrogens (primary N) is 1. The maximum atomic E-state index is 10.4. The van der Waals surface area contributed by atoms with Crippen LogP contribution >= 0.6 is 0 Å². The molecule has 0 saturated carbocycles. The standard InChI is InChI=1S/C8H6O4.C4H6N4/c9-7(10)5-2-1-3-6(4-5)8(11)12;5-4(6)3-1-2-7-8-3/h1-4H,(H,9,10)(H,11,12);1-2H,(H3,5,6)(H,7,8). The highest BCUT2D eigenvalue weighted by molar-refractivity contribution is 5.93. The fraction of sp³-hybridized carbons (Fsp3) is 0. The highest BCUT2D eigenvalue weighted by Crippen LogP contribution is 2.04. The van der Waals surface area contributed by atoms with E-state index in [2.05, 4.69) is 10.2 Å². The van der Waals surface area contributed by atoms with Crippen molar-refractivity contribution < 1.29 is 19.8 Å². The van der Waals surface area contributed by atoms with Crippen molar-refractivity contribution in [2.75, 3.05) is 0 Å². The maximum absolute atomic E-state index is 10.4. The molecule has 104 valence electrons. The summed E-state index contributed by atoms with van der Waals surface area (Å²) < 4.78 is 0. The topological polar surface area (TPSA) is 153 Å². The fourth-order valence-corrected chi connectivity index (χ4v) is 1.20. The van der Waals surface area contributed by atoms with Gasteiger partial charge in [-0.3, -0.25) is 10.5 Å². The number of hydrogen-bond donors (Lipinski definition) is 5. The number of nitrogens with one attached hydrogen (secondary N) is 2. The molecule has 0 aliphatic rings. The largest absolute Gasteiger partial charge is 0.478 e. The van der Waals surface area contributed by atoms with Crippen LogP contribution in [0.5, 0.6) is 0 Å². The van der Waals surface area contributed by atoms with E-state index >= 15 is 0 Å². The zero-order chi connectivity index (χ0) is 15.1. The third-order valence-corrected chi connectivity index (χ3v) is 2.13. The lowest BCUT2D eigenvalue weighted by Gasteiger charge is -1.95. The summed E-state index contributed by atoms with van der Waals surface area (Å²) in [6, 6.07) is 6.84. The first-order valence-corrected chi connectivity index (χ1v) is 5.32. The third kappa shape index (κ3) is 4.26. The Kier molecular flexibility index (Phi) is 4.98. The van der Waals surface area contributed by atoms with Gasteiger partial charge in [0.05, 0.1) is 11.1 Å². The Morgan fingerprint density at radius 2 is 1.70 bits per heavy atom. The number of nitrogen functional groups attached to an aromatic ring is 1. The van der Waals surface area contributed by atoms with Gasteiger partial charge in [0, 0.05) is 6.20 Å². The lowest BCUT2D eigenvalue weighted by Crippen LogP contribution is -2.11. The zero-order valence-electron chi connectivity index (χ0n) is 10.2. The molecule has 1 aromatic heterocycles. The number of nitrogens with zero attached hydrogens (tertiary/aromatic N) is 1. The number of H-pyrrole nitrogens is 1. The number of carbonyl (C=O) groups is 2. The summed E-state index contributed by atoms with van der Waals surface area (Å²) in [5.74, 6) is -2.26. The van der Waals surface area contributed by atoms with Crippen molar-refractivity contribution in [3.63, 3.8) is 0 Å². The first-order valence-electron chi connectivity index (χ1n) is 5.32. The number of aromatic amines is 1. The molecule has 0 spiro atoms. The van der Waals surface area contributed by atoms with Crippen molar-refractivity contribution in [1.82, 2.24) is 10.2 Å². The SMILES string of the molecule is N=C(N)c1cc[nH]n1.O=C(O)c1cccc(C(=O)O)c1. The minimum Gasteiger partial charge on any atom is -0.478 e. The quantitative estimate of drug-likeness (QED) is 0.412. The van der Waals surface area contributed by atoms with Crippen molar-refractivity contribution >= 4 is 17.8 Å². The average molecular weight is 276 g/mol. The van der Waals surface area contributed by atoms with E-state index in [-0.39, 0.29) is 17.0 Å². The van der Waals surface area contributed by atoms with Crippen LogP contribution in [0.25, 0.3) is 0 Å². The normalized spacial score (nSPS) is 9.20. The zero-order valence-corrected chi connectivity index (χ0v) is 10.2. The molecular formula is C12H12N4O4. The number of rotatable bonds is 3. The summed E-state index contributed by atoms with van der Waals surface area (Å²) in [7, 11) is 0. The molecule has 1 aromatic carbocycles. The van der Waals surface area contributed by atoms with E-state index in [1.807, 2.05) is 0 Å². The van der Waals surface area contributed by atoms with Gasteiger partial charge in [-0.2, -0.15) is 5.10 Å². The van der Waals surface area contributed by atoms with Crippen LogP contribution in [-0.4, -0.2) is 38.2 Å². The number of carboxylic acid groups (broad SMARTS) is 2. The second-order valence-electron chi connectivity index (χ2n) is 3.56. The highest BCUT2D eigenvalue weighted by atomic mass is 16.4. The van der Waals surface area contributed by atoms with Gasteiger partial charge in [0.25, 0.3) is 0 Å². The molecule has 6 N–H and O–H groups in total. The molecule has 0 saturated heterocycles. The Morgan fingerprint density at radius 1 is 1.15 bits per heavy atom. The first kappa shape index (κ1) is 14.9. The summed E-state index contributed by atoms with van der Waals surface area (Å²) in [4.78, 5) is 20.8. The second-order valence-corrected chi connectivity index (χ2v) is 3.56. The molecule has 1 heterocycles. The summed E-state index contributed by atoms with van der Waals surface area (Å²) >= 11 is 0. The molecule has 2 aromatic rings. The smallest absolute Gasteiger partial charge is 0.335 e. The second kappa shape index (κ2) is 6.69. The molecule has 0 aliphatic heterocycles. The average Bonchev–Trinajstić information content (AvgIpc) is 2.93. The minimum absolute atomic E-state index is 0.00810. The summed E-state index contributed by atoms with van der Waals surface area (Å²) in [6.07, 6.45) is 1.62. The molecule has 8 nitrogen and oxygen atoms in total. The lowest BCUT2D eigenvalue weighted by atomic mass is 10.1. The monoisotopic (exact) mass is 276 g/mol. The van der Waals surface area contributed by atoms with Crippen LogP contribution in [0.15, 0.2) is 36.5 Å². The number of amidine groups is 1. The van der Waals surface area contributed by atoms with Gasteiger partial charge in [0.1, 0.15) is 11.5 Å². The minimum atomic E-state index is -1.13. The highest BCUT2D eigenvalue weighted by Gasteiger charge is 2.06. The molecule has 0 amide bonds. The van der Waals surface area contributed by atoms with E-state index < -0.39 is 11.9 Å². The molecule has 0 aliphatic carbocycles. The van der Waals surface area contributed by atoms with Gasteiger partial charge >= 0.3 is 11.9 Å². The molecule has 0 bridgehead atoms. The molecule has 0 atom stereocenters. The van der Waals surface area contributed by atoms with E-state index in [9.17, 15) is 9.59 Å². The van der Waals surface area contributed by atoms with Crippen molar-refractivity contribution in [2.24, 2.45) is 5.73 Å². The Hall–Kier alpha value is -3.16. The van der Waals surface area contributed by atoms with E-state index in [0.717, 1.165) is 6.07 Å². The Balaban J connectivity index is 0.000000217. The number of benzene rings is 1. The van der Waals surface area contributed by atoms with Crippen LogP contribution < -0.4 is 5.73 Å². The van der Waals surface area contributed by atoms with Crippen LogP contribution in [0.2, 0.25) is 0 Å². The summed E-state index contributed by atoms with van der Waals surface area (Å²) in [5, 5.41) is 30.0. The van der Waals surface area contributed by atoms with Gasteiger partial charge < -0.3 is 15.9 Å². The van der Waals surface area contributed by atoms with E-state index in [1.54, 1.807) is 12.3 Å². The van der Waals surface area contributed by atoms with Gasteiger partial charge in [0.15, 0.2) is 0 Å². The number of carboxylic acids is 2. The van der Waals surface area contributed by atoms with E-state index in [1.165, 1.54) is 18.2 Å². The fourth-order valence-electron chi connectivity index (χ4n) is 1.20. The van der Waals surface area contributed by atoms with Crippen LogP contribution in [-0.2, 0) is 0 Å². The molecule has 20 heavy (non-hydrogen) atoms. The van der Waals surface area contributed by atoms with Gasteiger partial charge in [-0.15, -0.1) is 0 Å². The lowest BCUT2D eigenvalue weighted by molar-refractivity contribution is 0.0696. The molecule has 2 rings (SSSR count). The maximum Gasteiger partial charge on any atom is 0.335 e. The van der Waals surface area contributed by atoms with E-state index in [4.69, 9.17) is 21.4 Å². The predicted molar refractivity (Wildman–Crippen MR) is 70.0 cm³/mol. The first-order chi connectivity index (χ1) is 9.41. The van der Waals surface area contributed by atoms with Crippen LogP contribution in [0, 0.1) is 5.41 Å². The summed E-state index contributed by atoms with van der Waals surface area (Å²) in [5.41, 5.74) is 5.51. The van der Waals surface area contributed by atoms with Crippen molar-refractivity contribution in [3.05, 3.63) is 53.3 Å². The van der Waals surface area contributed by atoms with Crippen molar-refractivity contribution in [3.8, 4) is 0 Å². The summed E-state index contributed by atoms with van der Waals surface area (Å²) in [6.45, 7) is 0. The van der Waals surface area contributed by atoms with E-state index in [0.29, 0.717) is 5.69 Å². The van der Waals surface area contributed by atoms with Gasteiger partial charge in [-0.25, -0.2) is 9.59 Å². The van der Waals surface area contributed by atoms with Crippen LogP contribution in [0.4, 0.5) is 0 Å². The van der Waals surface area contributed by atoms with Gasteiger partial charge in [-0.1, -0.05) is 6.07 Å². The Bertz CT molecular complexity index is 593. The van der Waals surface area contributed by atoms with Crippen LogP contribution in [0.1, 0.15) is 26.4 Å². The van der Waals surface area contributed by atoms with Crippen LogP contribution in [0.3, 0.4) is 0 Å². The molecule has 8 heteroatoms.